The van der Waals surface area contributed by atoms with Crippen LogP contribution in [0.15, 0.2) is 0 Å². The molecule has 0 saturated heterocycles. The lowest BCUT2D eigenvalue weighted by atomic mass is 9.72. The third-order valence-electron chi connectivity index (χ3n) is 9.93. The smallest absolute Gasteiger partial charge is 0.306 e. The summed E-state index contributed by atoms with van der Waals surface area (Å²) in [5.74, 6) is -0.584. The molecule has 2 amide bonds. The molecule has 3 unspecified atom stereocenters. The van der Waals surface area contributed by atoms with Crippen molar-refractivity contribution in [1.29, 1.82) is 0 Å². The van der Waals surface area contributed by atoms with Crippen LogP contribution < -0.4 is 10.6 Å². The van der Waals surface area contributed by atoms with Gasteiger partial charge in [-0.2, -0.15) is 0 Å². The van der Waals surface area contributed by atoms with Crippen LogP contribution in [0.4, 0.5) is 0 Å². The van der Waals surface area contributed by atoms with Crippen LogP contribution in [0, 0.1) is 22.2 Å². The molecule has 0 bridgehead atoms. The van der Waals surface area contributed by atoms with Crippen molar-refractivity contribution in [3.63, 3.8) is 0 Å². The lowest BCUT2D eigenvalue weighted by Gasteiger charge is -2.37. The first-order valence-corrected chi connectivity index (χ1v) is 19.5. The van der Waals surface area contributed by atoms with Gasteiger partial charge in [-0.25, -0.2) is 0 Å². The van der Waals surface area contributed by atoms with Crippen LogP contribution in [0.2, 0.25) is 0 Å². The Balaban J connectivity index is 2.80. The fourth-order valence-corrected chi connectivity index (χ4v) is 7.26. The Hall–Kier alpha value is -2.20. The van der Waals surface area contributed by atoms with Gasteiger partial charge in [0.25, 0.3) is 0 Å². The molecule has 0 radical (unpaired) electrons. The molecule has 0 aromatic carbocycles. The van der Waals surface area contributed by atoms with Gasteiger partial charge in [-0.15, -0.1) is 0 Å². The molecule has 1 aliphatic rings. The van der Waals surface area contributed by atoms with E-state index in [1.807, 2.05) is 27.7 Å². The van der Waals surface area contributed by atoms with E-state index in [1.54, 1.807) is 13.8 Å². The Kier molecular flexibility index (Phi) is 18.6. The summed E-state index contributed by atoms with van der Waals surface area (Å²) in [6, 6.07) is -0.287. The number of hydrogen-bond acceptors (Lipinski definition) is 8. The average molecular weight is 725 g/mol. The van der Waals surface area contributed by atoms with Gasteiger partial charge < -0.3 is 30.0 Å². The van der Waals surface area contributed by atoms with Crippen molar-refractivity contribution in [2.45, 2.75) is 203 Å². The van der Waals surface area contributed by atoms with Gasteiger partial charge in [-0.1, -0.05) is 68.7 Å². The molecule has 1 rings (SSSR count). The molecule has 51 heavy (non-hydrogen) atoms. The Labute approximate surface area is 310 Å². The summed E-state index contributed by atoms with van der Waals surface area (Å²) in [5.41, 5.74) is -1.66. The van der Waals surface area contributed by atoms with Crippen LogP contribution in [0.3, 0.4) is 0 Å². The fraction of sp³-hybridized carbons (Fsp3) is 0.902. The largest absolute Gasteiger partial charge is 0.458 e. The van der Waals surface area contributed by atoms with Crippen LogP contribution in [0.1, 0.15) is 173 Å². The minimum atomic E-state index is -0.860. The van der Waals surface area contributed by atoms with Crippen molar-refractivity contribution < 1.29 is 38.5 Å². The number of esters is 2. The Bertz CT molecular complexity index is 1110. The van der Waals surface area contributed by atoms with E-state index in [0.29, 0.717) is 57.6 Å². The molecule has 1 aliphatic carbocycles. The molecule has 0 spiro atoms. The maximum absolute atomic E-state index is 13.2. The molecule has 0 aromatic rings. The van der Waals surface area contributed by atoms with E-state index < -0.39 is 23.8 Å². The van der Waals surface area contributed by atoms with E-state index >= 15 is 0 Å². The molecule has 3 N–H and O–H groups in total. The number of ether oxygens (including phenoxy) is 3. The zero-order valence-corrected chi connectivity index (χ0v) is 34.7. The Morgan fingerprint density at radius 3 is 1.94 bits per heavy atom. The molecule has 0 aromatic heterocycles. The standard InChI is InChI=1S/C41H76N2O8/c1-14-37(4,5)27-39(8,9)26-36(47)50-31-16-15-30(25-32(31)51-35(46)19-21-38(6,7)28-40(10,11)48)43-34(45)18-17-33(44)42-23-22-41(12,13)49-24-20-29(2)3/h29-32,48H,14-28H2,1-13H3,(H,42,44)(H,43,45). The molecule has 10 nitrogen and oxygen atoms in total. The summed E-state index contributed by atoms with van der Waals surface area (Å²) in [6.07, 6.45) is 5.09. The first-order chi connectivity index (χ1) is 23.2. The summed E-state index contributed by atoms with van der Waals surface area (Å²) in [5, 5.41) is 16.2. The van der Waals surface area contributed by atoms with Crippen molar-refractivity contribution >= 4 is 23.8 Å². The van der Waals surface area contributed by atoms with E-state index in [-0.39, 0.29) is 71.4 Å². The summed E-state index contributed by atoms with van der Waals surface area (Å²) in [6.45, 7) is 27.7. The van der Waals surface area contributed by atoms with E-state index in [4.69, 9.17) is 14.2 Å². The first kappa shape index (κ1) is 46.8. The van der Waals surface area contributed by atoms with Crippen molar-refractivity contribution in [2.75, 3.05) is 13.2 Å². The summed E-state index contributed by atoms with van der Waals surface area (Å²) in [4.78, 5) is 51.8. The fourth-order valence-electron chi connectivity index (χ4n) is 7.26. The van der Waals surface area contributed by atoms with Crippen LogP contribution >= 0.6 is 0 Å². The predicted octanol–water partition coefficient (Wildman–Crippen LogP) is 7.82. The zero-order chi connectivity index (χ0) is 39.3. The summed E-state index contributed by atoms with van der Waals surface area (Å²) in [7, 11) is 0. The number of hydrogen-bond donors (Lipinski definition) is 3. The van der Waals surface area contributed by atoms with Gasteiger partial charge in [0.2, 0.25) is 11.8 Å². The molecule has 10 heteroatoms. The number of rotatable bonds is 23. The third kappa shape index (κ3) is 21.8. The van der Waals surface area contributed by atoms with Crippen molar-refractivity contribution in [1.82, 2.24) is 10.6 Å². The highest BCUT2D eigenvalue weighted by Gasteiger charge is 2.38. The van der Waals surface area contributed by atoms with E-state index in [0.717, 1.165) is 19.3 Å². The number of amides is 2. The number of aliphatic hydroxyl groups is 1. The molecular weight excluding hydrogens is 648 g/mol. The molecule has 3 atom stereocenters. The molecule has 1 fully saturated rings. The number of carbonyl (C=O) groups is 4. The lowest BCUT2D eigenvalue weighted by Crippen LogP contribution is -2.48. The van der Waals surface area contributed by atoms with E-state index in [2.05, 4.69) is 59.1 Å². The minimum Gasteiger partial charge on any atom is -0.458 e. The topological polar surface area (TPSA) is 140 Å². The van der Waals surface area contributed by atoms with E-state index in [1.165, 1.54) is 0 Å². The SMILES string of the molecule is CCC(C)(C)CC(C)(C)CC(=O)OC1CCC(NC(=O)CCC(=O)NCCC(C)(C)OCCC(C)C)CC1OC(=O)CCC(C)(C)CC(C)(C)O. The van der Waals surface area contributed by atoms with Crippen LogP contribution in [-0.2, 0) is 33.4 Å². The van der Waals surface area contributed by atoms with Crippen molar-refractivity contribution in [3.8, 4) is 0 Å². The third-order valence-corrected chi connectivity index (χ3v) is 9.93. The Morgan fingerprint density at radius 2 is 1.35 bits per heavy atom. The van der Waals surface area contributed by atoms with Gasteiger partial charge in [0.05, 0.1) is 17.6 Å². The summed E-state index contributed by atoms with van der Waals surface area (Å²) < 4.78 is 17.9. The highest BCUT2D eigenvalue weighted by Crippen LogP contribution is 2.39. The van der Waals surface area contributed by atoms with Gasteiger partial charge in [-0.05, 0) is 94.8 Å². The van der Waals surface area contributed by atoms with Gasteiger partial charge in [0, 0.05) is 44.9 Å². The van der Waals surface area contributed by atoms with Gasteiger partial charge in [-0.3, -0.25) is 19.2 Å². The normalized spacial score (nSPS) is 19.1. The van der Waals surface area contributed by atoms with Crippen LogP contribution in [0.5, 0.6) is 0 Å². The second kappa shape index (κ2) is 20.3. The molecule has 298 valence electrons. The number of carbonyl (C=O) groups excluding carboxylic acids is 4. The van der Waals surface area contributed by atoms with Gasteiger partial charge >= 0.3 is 11.9 Å². The highest BCUT2D eigenvalue weighted by atomic mass is 16.6. The summed E-state index contributed by atoms with van der Waals surface area (Å²) >= 11 is 0. The maximum Gasteiger partial charge on any atom is 0.306 e. The quantitative estimate of drug-likeness (QED) is 0.0907. The van der Waals surface area contributed by atoms with Crippen LogP contribution in [-0.4, -0.2) is 71.5 Å². The van der Waals surface area contributed by atoms with E-state index in [9.17, 15) is 24.3 Å². The number of nitrogens with one attached hydrogen (secondary N) is 2. The maximum atomic E-state index is 13.2. The Morgan fingerprint density at radius 1 is 0.745 bits per heavy atom. The monoisotopic (exact) mass is 725 g/mol. The highest BCUT2D eigenvalue weighted by molar-refractivity contribution is 5.83. The van der Waals surface area contributed by atoms with Gasteiger partial charge in [0.1, 0.15) is 12.2 Å². The second-order valence-electron chi connectivity index (χ2n) is 19.2. The molecule has 0 aliphatic heterocycles. The molecular formula is C41H76N2O8. The first-order valence-electron chi connectivity index (χ1n) is 19.5. The second-order valence-corrected chi connectivity index (χ2v) is 19.2. The van der Waals surface area contributed by atoms with Crippen LogP contribution in [0.25, 0.3) is 0 Å². The predicted molar refractivity (Wildman–Crippen MR) is 203 cm³/mol. The molecule has 1 saturated carbocycles. The van der Waals surface area contributed by atoms with Crippen molar-refractivity contribution in [2.24, 2.45) is 22.2 Å². The minimum absolute atomic E-state index is 0.0406. The molecule has 0 heterocycles. The van der Waals surface area contributed by atoms with Gasteiger partial charge in [0.15, 0.2) is 0 Å². The average Bonchev–Trinajstić information content (AvgIpc) is 2.94. The van der Waals surface area contributed by atoms with Crippen molar-refractivity contribution in [3.05, 3.63) is 0 Å². The zero-order valence-electron chi connectivity index (χ0n) is 34.7. The lowest BCUT2D eigenvalue weighted by molar-refractivity contribution is -0.174.